The number of amides is 1. The van der Waals surface area contributed by atoms with Crippen LogP contribution < -0.4 is 20.6 Å². The predicted octanol–water partition coefficient (Wildman–Crippen LogP) is 2.46. The molecule has 0 spiro atoms. The molecule has 0 atom stereocenters. The number of anilines is 1. The van der Waals surface area contributed by atoms with Crippen molar-refractivity contribution in [3.8, 4) is 28.6 Å². The molecule has 2 heterocycles. The number of aromatic nitrogens is 5. The van der Waals surface area contributed by atoms with Crippen molar-refractivity contribution in [2.75, 3.05) is 19.5 Å². The lowest BCUT2D eigenvalue weighted by Crippen LogP contribution is -2.21. The number of hydrogen-bond acceptors (Lipinski definition) is 10. The van der Waals surface area contributed by atoms with Crippen molar-refractivity contribution < 1.29 is 18.9 Å². The molecular weight excluding hydrogens is 440 g/mol. The number of carbonyl (C=O) groups is 1. The van der Waals surface area contributed by atoms with Gasteiger partial charge in [-0.15, -0.1) is 5.10 Å². The van der Waals surface area contributed by atoms with Crippen LogP contribution in [0.3, 0.4) is 0 Å². The molecule has 0 bridgehead atoms. The molecule has 174 valence electrons. The van der Waals surface area contributed by atoms with Crippen molar-refractivity contribution in [3.05, 3.63) is 59.8 Å². The van der Waals surface area contributed by atoms with Crippen molar-refractivity contribution in [1.29, 1.82) is 0 Å². The zero-order valence-electron chi connectivity index (χ0n) is 18.7. The smallest absolute Gasteiger partial charge is 0.294 e. The highest BCUT2D eigenvalue weighted by Gasteiger charge is 2.25. The predicted molar refractivity (Wildman–Crippen MR) is 123 cm³/mol. The van der Waals surface area contributed by atoms with E-state index in [1.54, 1.807) is 38.3 Å². The molecule has 0 saturated carbocycles. The molecule has 0 radical (unpaired) electrons. The first kappa shape index (κ1) is 22.5. The van der Waals surface area contributed by atoms with E-state index in [9.17, 15) is 4.79 Å². The van der Waals surface area contributed by atoms with Crippen LogP contribution in [0.2, 0.25) is 0 Å². The Morgan fingerprint density at radius 2 is 1.82 bits per heavy atom. The van der Waals surface area contributed by atoms with Gasteiger partial charge in [-0.3, -0.25) is 4.79 Å². The lowest BCUT2D eigenvalue weighted by atomic mass is 10.1. The number of nitrogens with zero attached hydrogens (tertiary/aromatic N) is 6. The number of carbonyl (C=O) groups excluding carboxylic acids is 1. The number of rotatable bonds is 8. The molecule has 0 saturated heterocycles. The van der Waals surface area contributed by atoms with Crippen LogP contribution in [-0.4, -0.2) is 50.6 Å². The first-order valence-corrected chi connectivity index (χ1v) is 10.3. The van der Waals surface area contributed by atoms with Crippen molar-refractivity contribution in [3.63, 3.8) is 0 Å². The molecule has 0 aliphatic rings. The second kappa shape index (κ2) is 9.81. The van der Waals surface area contributed by atoms with Gasteiger partial charge in [-0.05, 0) is 78.3 Å². The van der Waals surface area contributed by atoms with E-state index >= 15 is 0 Å². The molecular formula is C22H22N8O4. The van der Waals surface area contributed by atoms with Crippen molar-refractivity contribution in [1.82, 2.24) is 30.7 Å². The summed E-state index contributed by atoms with van der Waals surface area (Å²) < 4.78 is 16.6. The molecule has 2 aromatic carbocycles. The first-order chi connectivity index (χ1) is 16.5. The molecule has 0 aliphatic carbocycles. The third-order valence-electron chi connectivity index (χ3n) is 4.85. The fraction of sp³-hybridized carbons (Fsp3) is 0.182. The summed E-state index contributed by atoms with van der Waals surface area (Å²) in [4.78, 5) is 13.0. The summed E-state index contributed by atoms with van der Waals surface area (Å²) in [6.45, 7) is 4.19. The highest BCUT2D eigenvalue weighted by molar-refractivity contribution is 6.02. The molecule has 0 aliphatic heterocycles. The Morgan fingerprint density at radius 3 is 2.44 bits per heavy atom. The summed E-state index contributed by atoms with van der Waals surface area (Å²) in [5.74, 6) is 0.932. The second-order valence-electron chi connectivity index (χ2n) is 7.00. The van der Waals surface area contributed by atoms with Crippen LogP contribution in [0.25, 0.3) is 17.1 Å². The highest BCUT2D eigenvalue weighted by Crippen LogP contribution is 2.28. The van der Waals surface area contributed by atoms with Crippen LogP contribution in [-0.2, 0) is 0 Å². The van der Waals surface area contributed by atoms with Gasteiger partial charge in [-0.1, -0.05) is 5.21 Å². The van der Waals surface area contributed by atoms with Gasteiger partial charge in [0.15, 0.2) is 5.69 Å². The van der Waals surface area contributed by atoms with Crippen molar-refractivity contribution >= 4 is 17.4 Å². The Balaban J connectivity index is 1.67. The zero-order valence-corrected chi connectivity index (χ0v) is 18.7. The monoisotopic (exact) mass is 462 g/mol. The number of hydrazone groups is 1. The van der Waals surface area contributed by atoms with Gasteiger partial charge in [0.2, 0.25) is 11.6 Å². The number of nitrogens with two attached hydrogens (primary N) is 1. The van der Waals surface area contributed by atoms with Gasteiger partial charge >= 0.3 is 0 Å². The Hall–Kier alpha value is -4.74. The number of benzene rings is 2. The fourth-order valence-corrected chi connectivity index (χ4v) is 3.14. The van der Waals surface area contributed by atoms with Gasteiger partial charge in [-0.25, -0.2) is 10.1 Å². The quantitative estimate of drug-likeness (QED) is 0.297. The van der Waals surface area contributed by atoms with Crippen molar-refractivity contribution in [2.24, 2.45) is 5.10 Å². The summed E-state index contributed by atoms with van der Waals surface area (Å²) in [6.07, 6.45) is 0. The highest BCUT2D eigenvalue weighted by atomic mass is 16.6. The minimum Gasteiger partial charge on any atom is -0.497 e. The summed E-state index contributed by atoms with van der Waals surface area (Å²) in [7, 11) is 1.59. The lowest BCUT2D eigenvalue weighted by Gasteiger charge is -2.08. The summed E-state index contributed by atoms with van der Waals surface area (Å²) in [5, 5.41) is 19.6. The molecule has 3 N–H and O–H groups in total. The molecule has 12 nitrogen and oxygen atoms in total. The Bertz CT molecular complexity index is 1310. The van der Waals surface area contributed by atoms with Gasteiger partial charge in [0, 0.05) is 5.56 Å². The third-order valence-corrected chi connectivity index (χ3v) is 4.85. The van der Waals surface area contributed by atoms with Gasteiger partial charge in [-0.2, -0.15) is 9.78 Å². The topological polar surface area (TPSA) is 156 Å². The molecule has 4 aromatic rings. The van der Waals surface area contributed by atoms with Gasteiger partial charge < -0.3 is 15.2 Å². The average molecular weight is 462 g/mol. The average Bonchev–Trinajstić information content (AvgIpc) is 3.49. The molecule has 4 rings (SSSR count). The largest absolute Gasteiger partial charge is 0.497 e. The summed E-state index contributed by atoms with van der Waals surface area (Å²) in [5.41, 5.74) is 10.8. The van der Waals surface area contributed by atoms with E-state index in [0.29, 0.717) is 29.3 Å². The maximum Gasteiger partial charge on any atom is 0.294 e. The SMILES string of the molecule is CCOc1ccc(-c2c(C(=O)N/N=C(\C)c3ccc(OC)cc3)nnn2-c2nonc2N)cc1. The van der Waals surface area contributed by atoms with E-state index in [-0.39, 0.29) is 17.3 Å². The van der Waals surface area contributed by atoms with E-state index in [4.69, 9.17) is 19.8 Å². The Kier molecular flexibility index (Phi) is 6.48. The number of ether oxygens (including phenoxy) is 2. The molecule has 0 unspecified atom stereocenters. The van der Waals surface area contributed by atoms with Crippen LogP contribution in [0, 0.1) is 0 Å². The van der Waals surface area contributed by atoms with E-state index in [1.807, 2.05) is 31.2 Å². The van der Waals surface area contributed by atoms with E-state index in [1.165, 1.54) is 4.68 Å². The van der Waals surface area contributed by atoms with Crippen LogP contribution in [0.15, 0.2) is 58.3 Å². The number of methoxy groups -OCH3 is 1. The second-order valence-corrected chi connectivity index (χ2v) is 7.00. The Morgan fingerprint density at radius 1 is 1.12 bits per heavy atom. The molecule has 2 aromatic heterocycles. The fourth-order valence-electron chi connectivity index (χ4n) is 3.14. The first-order valence-electron chi connectivity index (χ1n) is 10.3. The number of hydrogen-bond donors (Lipinski definition) is 2. The molecule has 34 heavy (non-hydrogen) atoms. The maximum absolute atomic E-state index is 13.0. The van der Waals surface area contributed by atoms with Gasteiger partial charge in [0.25, 0.3) is 5.91 Å². The van der Waals surface area contributed by atoms with Crippen LogP contribution in [0.4, 0.5) is 5.82 Å². The van der Waals surface area contributed by atoms with E-state index in [2.05, 4.69) is 31.2 Å². The molecule has 0 fully saturated rings. The van der Waals surface area contributed by atoms with Gasteiger partial charge in [0.05, 0.1) is 19.4 Å². The molecule has 12 heteroatoms. The van der Waals surface area contributed by atoms with E-state index < -0.39 is 5.91 Å². The summed E-state index contributed by atoms with van der Waals surface area (Å²) in [6, 6.07) is 14.4. The third kappa shape index (κ3) is 4.55. The van der Waals surface area contributed by atoms with E-state index in [0.717, 1.165) is 11.3 Å². The maximum atomic E-state index is 13.0. The van der Waals surface area contributed by atoms with Crippen LogP contribution in [0.1, 0.15) is 29.9 Å². The normalized spacial score (nSPS) is 11.3. The number of nitrogens with one attached hydrogen (secondary N) is 1. The lowest BCUT2D eigenvalue weighted by molar-refractivity contribution is 0.0950. The minimum absolute atomic E-state index is 0.00239. The standard InChI is InChI=1S/C22H22N8O4/c1-4-33-17-11-7-15(8-12-17)19-18(25-29-30(19)21-20(23)27-34-28-21)22(31)26-24-13(2)14-5-9-16(32-3)10-6-14/h5-12H,4H2,1-3H3,(H2,23,27)(H,26,31)/b24-13+. The zero-order chi connectivity index (χ0) is 24.1. The van der Waals surface area contributed by atoms with Gasteiger partial charge in [0.1, 0.15) is 17.2 Å². The van der Waals surface area contributed by atoms with Crippen LogP contribution in [0.5, 0.6) is 11.5 Å². The van der Waals surface area contributed by atoms with Crippen molar-refractivity contribution in [2.45, 2.75) is 13.8 Å². The van der Waals surface area contributed by atoms with Crippen LogP contribution >= 0.6 is 0 Å². The minimum atomic E-state index is -0.571. The Labute approximate surface area is 194 Å². The summed E-state index contributed by atoms with van der Waals surface area (Å²) >= 11 is 0. The molecule has 1 amide bonds. The number of nitrogen functional groups attached to an aromatic ring is 1.